The number of nitriles is 1. The first kappa shape index (κ1) is 22.1. The fraction of sp³-hybridized carbons (Fsp3) is 0.167. The van der Waals surface area contributed by atoms with Gasteiger partial charge in [-0.2, -0.15) is 15.2 Å². The minimum atomic E-state index is -0.429. The van der Waals surface area contributed by atoms with E-state index in [9.17, 15) is 10.1 Å². The SMILES string of the molecule is CC(C)C(Nc1nc(N)nc(N)c1C#N)c1cc2cccc(Cl)c2c(=O)n1-c1ccccc1. The Balaban J connectivity index is 2.01. The van der Waals surface area contributed by atoms with Crippen LogP contribution in [0.25, 0.3) is 16.5 Å². The summed E-state index contributed by atoms with van der Waals surface area (Å²) < 4.78 is 1.63. The van der Waals surface area contributed by atoms with E-state index >= 15 is 0 Å². The van der Waals surface area contributed by atoms with E-state index in [1.165, 1.54) is 0 Å². The largest absolute Gasteiger partial charge is 0.382 e. The average Bonchev–Trinajstić information content (AvgIpc) is 2.77. The van der Waals surface area contributed by atoms with E-state index in [1.54, 1.807) is 16.7 Å². The van der Waals surface area contributed by atoms with Gasteiger partial charge in [-0.25, -0.2) is 0 Å². The molecule has 2 aromatic carbocycles. The van der Waals surface area contributed by atoms with Crippen LogP contribution in [0.5, 0.6) is 0 Å². The van der Waals surface area contributed by atoms with E-state index in [4.69, 9.17) is 23.1 Å². The number of rotatable bonds is 5. The highest BCUT2D eigenvalue weighted by Gasteiger charge is 2.25. The molecule has 2 heterocycles. The molecule has 0 fully saturated rings. The molecule has 0 saturated heterocycles. The molecule has 5 N–H and O–H groups in total. The lowest BCUT2D eigenvalue weighted by Gasteiger charge is -2.27. The van der Waals surface area contributed by atoms with Crippen LogP contribution in [0.3, 0.4) is 0 Å². The fourth-order valence-corrected chi connectivity index (χ4v) is 4.11. The van der Waals surface area contributed by atoms with E-state index in [1.807, 2.05) is 62.4 Å². The van der Waals surface area contributed by atoms with Gasteiger partial charge in [0.1, 0.15) is 17.5 Å². The Morgan fingerprint density at radius 1 is 1.09 bits per heavy atom. The van der Waals surface area contributed by atoms with Crippen LogP contribution in [-0.4, -0.2) is 14.5 Å². The molecular formula is C24H22ClN7O. The molecule has 1 atom stereocenters. The molecule has 0 amide bonds. The van der Waals surface area contributed by atoms with E-state index < -0.39 is 6.04 Å². The number of hydrogen-bond acceptors (Lipinski definition) is 7. The van der Waals surface area contributed by atoms with Crippen LogP contribution in [-0.2, 0) is 0 Å². The Labute approximate surface area is 195 Å². The summed E-state index contributed by atoms with van der Waals surface area (Å²) in [7, 11) is 0. The fourth-order valence-electron chi connectivity index (χ4n) is 3.85. The maximum atomic E-state index is 13.7. The van der Waals surface area contributed by atoms with Crippen molar-refractivity contribution in [3.05, 3.63) is 81.2 Å². The van der Waals surface area contributed by atoms with E-state index in [2.05, 4.69) is 15.3 Å². The summed E-state index contributed by atoms with van der Waals surface area (Å²) in [6, 6.07) is 18.2. The van der Waals surface area contributed by atoms with Crippen LogP contribution in [0.2, 0.25) is 5.02 Å². The summed E-state index contributed by atoms with van der Waals surface area (Å²) in [5.74, 6) is 0.127. The van der Waals surface area contributed by atoms with Crippen LogP contribution < -0.4 is 22.3 Å². The van der Waals surface area contributed by atoms with Gasteiger partial charge in [0.05, 0.1) is 16.5 Å². The van der Waals surface area contributed by atoms with Crippen molar-refractivity contribution in [2.75, 3.05) is 16.8 Å². The number of anilines is 3. The number of aromatic nitrogens is 3. The number of pyridine rings is 1. The van der Waals surface area contributed by atoms with Crippen molar-refractivity contribution in [3.63, 3.8) is 0 Å². The second kappa shape index (κ2) is 8.81. The van der Waals surface area contributed by atoms with Gasteiger partial charge in [0.25, 0.3) is 5.56 Å². The van der Waals surface area contributed by atoms with Crippen molar-refractivity contribution < 1.29 is 0 Å². The van der Waals surface area contributed by atoms with Crippen molar-refractivity contribution in [1.29, 1.82) is 5.26 Å². The van der Waals surface area contributed by atoms with Gasteiger partial charge in [-0.3, -0.25) is 9.36 Å². The Morgan fingerprint density at radius 3 is 2.48 bits per heavy atom. The second-order valence-corrected chi connectivity index (χ2v) is 8.33. The average molecular weight is 460 g/mol. The van der Waals surface area contributed by atoms with Gasteiger partial charge in [-0.1, -0.05) is 55.8 Å². The molecule has 2 aromatic heterocycles. The molecular weight excluding hydrogens is 438 g/mol. The number of nitrogens with two attached hydrogens (primary N) is 2. The Hall–Kier alpha value is -4.09. The maximum Gasteiger partial charge on any atom is 0.264 e. The second-order valence-electron chi connectivity index (χ2n) is 7.92. The van der Waals surface area contributed by atoms with Gasteiger partial charge >= 0.3 is 0 Å². The van der Waals surface area contributed by atoms with Crippen LogP contribution in [0, 0.1) is 17.2 Å². The van der Waals surface area contributed by atoms with E-state index in [-0.39, 0.29) is 34.6 Å². The van der Waals surface area contributed by atoms with Gasteiger partial charge in [-0.15, -0.1) is 0 Å². The zero-order chi connectivity index (χ0) is 23.7. The molecule has 33 heavy (non-hydrogen) atoms. The zero-order valence-electron chi connectivity index (χ0n) is 18.1. The lowest BCUT2D eigenvalue weighted by atomic mass is 9.97. The number of halogens is 1. The lowest BCUT2D eigenvalue weighted by Crippen LogP contribution is -2.29. The first-order chi connectivity index (χ1) is 15.8. The molecule has 4 aromatic rings. The van der Waals surface area contributed by atoms with Crippen LogP contribution in [0.1, 0.15) is 31.1 Å². The first-order valence-corrected chi connectivity index (χ1v) is 10.7. The van der Waals surface area contributed by atoms with E-state index in [0.717, 1.165) is 0 Å². The molecule has 1 unspecified atom stereocenters. The normalized spacial score (nSPS) is 12.0. The van der Waals surface area contributed by atoms with Crippen LogP contribution in [0.4, 0.5) is 17.6 Å². The molecule has 4 rings (SSSR count). The topological polar surface area (TPSA) is 136 Å². The minimum absolute atomic E-state index is 0.0132. The summed E-state index contributed by atoms with van der Waals surface area (Å²) in [6.07, 6.45) is 0. The third kappa shape index (κ3) is 4.06. The highest BCUT2D eigenvalue weighted by atomic mass is 35.5. The number of hydrogen-bond donors (Lipinski definition) is 3. The van der Waals surface area contributed by atoms with Gasteiger partial charge in [0, 0.05) is 11.4 Å². The van der Waals surface area contributed by atoms with Gasteiger partial charge in [0.15, 0.2) is 5.82 Å². The predicted octanol–water partition coefficient (Wildman–Crippen LogP) is 4.28. The van der Waals surface area contributed by atoms with Gasteiger partial charge in [0.2, 0.25) is 5.95 Å². The smallest absolute Gasteiger partial charge is 0.264 e. The molecule has 166 valence electrons. The van der Waals surface area contributed by atoms with Gasteiger partial charge in [-0.05, 0) is 35.6 Å². The summed E-state index contributed by atoms with van der Waals surface area (Å²) in [5.41, 5.74) is 12.9. The quantitative estimate of drug-likeness (QED) is 0.405. The van der Waals surface area contributed by atoms with Crippen molar-refractivity contribution in [2.45, 2.75) is 19.9 Å². The summed E-state index contributed by atoms with van der Waals surface area (Å²) in [6.45, 7) is 4.00. The molecule has 9 heteroatoms. The van der Waals surface area contributed by atoms with Crippen molar-refractivity contribution in [3.8, 4) is 11.8 Å². The third-order valence-electron chi connectivity index (χ3n) is 5.38. The molecule has 0 bridgehead atoms. The molecule has 0 saturated carbocycles. The molecule has 8 nitrogen and oxygen atoms in total. The molecule has 0 radical (unpaired) electrons. The van der Waals surface area contributed by atoms with E-state index in [0.29, 0.717) is 27.2 Å². The molecule has 0 aliphatic heterocycles. The third-order valence-corrected chi connectivity index (χ3v) is 5.70. The monoisotopic (exact) mass is 459 g/mol. The van der Waals surface area contributed by atoms with Crippen LogP contribution >= 0.6 is 11.6 Å². The van der Waals surface area contributed by atoms with Gasteiger partial charge < -0.3 is 16.8 Å². The first-order valence-electron chi connectivity index (χ1n) is 10.3. The lowest BCUT2D eigenvalue weighted by molar-refractivity contribution is 0.523. The predicted molar refractivity (Wildman–Crippen MR) is 131 cm³/mol. The summed E-state index contributed by atoms with van der Waals surface area (Å²) in [4.78, 5) is 21.8. The minimum Gasteiger partial charge on any atom is -0.382 e. The summed E-state index contributed by atoms with van der Waals surface area (Å²) >= 11 is 6.41. The number of benzene rings is 2. The van der Waals surface area contributed by atoms with Crippen LogP contribution in [0.15, 0.2) is 59.4 Å². The standard InChI is InChI=1S/C24H22ClN7O/c1-13(2)20(29-22-16(12-26)21(27)30-24(28)31-22)18-11-14-7-6-10-17(25)19(14)23(33)32(18)15-8-4-3-5-9-15/h3-11,13,20H,1-2H3,(H5,27,28,29,30,31). The molecule has 0 spiro atoms. The Kier molecular flexibility index (Phi) is 5.90. The Morgan fingerprint density at radius 2 is 1.82 bits per heavy atom. The molecule has 0 aliphatic rings. The maximum absolute atomic E-state index is 13.7. The Bertz CT molecular complexity index is 1440. The zero-order valence-corrected chi connectivity index (χ0v) is 18.8. The summed E-state index contributed by atoms with van der Waals surface area (Å²) in [5, 5.41) is 14.4. The highest BCUT2D eigenvalue weighted by Crippen LogP contribution is 2.32. The van der Waals surface area contributed by atoms with Crippen molar-refractivity contribution in [2.24, 2.45) is 5.92 Å². The van der Waals surface area contributed by atoms with Crippen molar-refractivity contribution in [1.82, 2.24) is 14.5 Å². The highest BCUT2D eigenvalue weighted by molar-refractivity contribution is 6.35. The number of nitrogens with zero attached hydrogens (tertiary/aromatic N) is 4. The number of para-hydroxylation sites is 1. The van der Waals surface area contributed by atoms with Crippen molar-refractivity contribution >= 4 is 40.0 Å². The molecule has 0 aliphatic carbocycles. The number of nitrogens with one attached hydrogen (secondary N) is 1. The number of nitrogen functional groups attached to an aromatic ring is 2. The number of fused-ring (bicyclic) bond motifs is 1.